The summed E-state index contributed by atoms with van der Waals surface area (Å²) in [6.45, 7) is -0.874. The molecule has 1 unspecified atom stereocenters. The Balaban J connectivity index is 2.99. The van der Waals surface area contributed by atoms with E-state index in [1.54, 1.807) is 0 Å². The minimum absolute atomic E-state index is 0.0910. The Morgan fingerprint density at radius 3 is 2.00 bits per heavy atom. The molecule has 1 aromatic carbocycles. The number of aliphatic hydroxyl groups is 1. The molecule has 102 valence electrons. The van der Waals surface area contributed by atoms with Crippen LogP contribution in [0.25, 0.3) is 0 Å². The molecular formula is C11H12F5NO. The Kier molecular flexibility index (Phi) is 4.28. The van der Waals surface area contributed by atoms with E-state index in [2.05, 4.69) is 0 Å². The minimum Gasteiger partial charge on any atom is -0.394 e. The van der Waals surface area contributed by atoms with Gasteiger partial charge in [0.15, 0.2) is 0 Å². The van der Waals surface area contributed by atoms with Crippen LogP contribution in [0.4, 0.5) is 22.0 Å². The zero-order valence-corrected chi connectivity index (χ0v) is 9.48. The van der Waals surface area contributed by atoms with E-state index in [0.717, 1.165) is 12.1 Å². The van der Waals surface area contributed by atoms with E-state index >= 15 is 0 Å². The van der Waals surface area contributed by atoms with Crippen LogP contribution in [0.3, 0.4) is 0 Å². The van der Waals surface area contributed by atoms with E-state index in [1.165, 1.54) is 6.92 Å². The first-order chi connectivity index (χ1) is 8.16. The van der Waals surface area contributed by atoms with Crippen molar-refractivity contribution < 1.29 is 27.1 Å². The van der Waals surface area contributed by atoms with Crippen molar-refractivity contribution in [2.45, 2.75) is 18.6 Å². The predicted molar refractivity (Wildman–Crippen MR) is 54.9 cm³/mol. The second-order valence-corrected chi connectivity index (χ2v) is 4.12. The molecule has 0 aromatic heterocycles. The third kappa shape index (κ3) is 3.92. The molecule has 0 spiro atoms. The minimum atomic E-state index is -4.48. The van der Waals surface area contributed by atoms with Crippen LogP contribution >= 0.6 is 0 Å². The van der Waals surface area contributed by atoms with Gasteiger partial charge in [-0.1, -0.05) is 0 Å². The molecule has 0 radical (unpaired) electrons. The van der Waals surface area contributed by atoms with Gasteiger partial charge in [0.25, 0.3) is 0 Å². The van der Waals surface area contributed by atoms with Crippen molar-refractivity contribution in [3.8, 4) is 0 Å². The second-order valence-electron chi connectivity index (χ2n) is 4.12. The summed E-state index contributed by atoms with van der Waals surface area (Å²) < 4.78 is 62.3. The van der Waals surface area contributed by atoms with Crippen LogP contribution in [-0.4, -0.2) is 24.4 Å². The second kappa shape index (κ2) is 5.19. The molecule has 0 heterocycles. The Hall–Kier alpha value is -1.21. The molecule has 1 atom stereocenters. The fraction of sp³-hybridized carbons (Fsp3) is 0.455. The van der Waals surface area contributed by atoms with Crippen molar-refractivity contribution >= 4 is 0 Å². The summed E-state index contributed by atoms with van der Waals surface area (Å²) in [6.07, 6.45) is -4.48. The highest BCUT2D eigenvalue weighted by molar-refractivity contribution is 5.25. The number of nitrogens with one attached hydrogen (secondary N) is 1. The molecule has 2 N–H and O–H groups in total. The Bertz CT molecular complexity index is 400. The molecule has 18 heavy (non-hydrogen) atoms. The summed E-state index contributed by atoms with van der Waals surface area (Å²) in [7, 11) is 0. The lowest BCUT2D eigenvalue weighted by Crippen LogP contribution is -2.47. The molecule has 0 aliphatic rings. The lowest BCUT2D eigenvalue weighted by Gasteiger charge is -2.30. The normalized spacial score (nSPS) is 15.5. The highest BCUT2D eigenvalue weighted by atomic mass is 19.4. The van der Waals surface area contributed by atoms with E-state index in [0.29, 0.717) is 6.07 Å². The van der Waals surface area contributed by atoms with Crippen LogP contribution in [0.1, 0.15) is 12.5 Å². The fourth-order valence-corrected chi connectivity index (χ4v) is 1.42. The molecule has 0 amide bonds. The number of benzene rings is 1. The monoisotopic (exact) mass is 269 g/mol. The van der Waals surface area contributed by atoms with Crippen molar-refractivity contribution in [1.82, 2.24) is 5.32 Å². The molecule has 0 bridgehead atoms. The van der Waals surface area contributed by atoms with Gasteiger partial charge >= 0.3 is 6.18 Å². The molecule has 1 rings (SSSR count). The van der Waals surface area contributed by atoms with Crippen molar-refractivity contribution in [3.63, 3.8) is 0 Å². The first-order valence-electron chi connectivity index (χ1n) is 5.05. The molecule has 0 saturated carbocycles. The Morgan fingerprint density at radius 2 is 1.61 bits per heavy atom. The number of hydrogen-bond acceptors (Lipinski definition) is 2. The molecule has 1 aromatic rings. The summed E-state index contributed by atoms with van der Waals surface area (Å²) in [6, 6.07) is 2.36. The van der Waals surface area contributed by atoms with Crippen LogP contribution in [0.15, 0.2) is 18.2 Å². The summed E-state index contributed by atoms with van der Waals surface area (Å²) >= 11 is 0. The third-order valence-corrected chi connectivity index (χ3v) is 2.49. The van der Waals surface area contributed by atoms with Gasteiger partial charge in [-0.3, -0.25) is 5.32 Å². The van der Waals surface area contributed by atoms with Crippen LogP contribution in [-0.2, 0) is 5.54 Å². The molecule has 7 heteroatoms. The standard InChI is InChI=1S/C11H12F5NO/c1-10(6-18,17-5-11(14,15)16)7-2-8(12)4-9(13)3-7/h2-4,17-18H,5-6H2,1H3. The molecule has 0 saturated heterocycles. The smallest absolute Gasteiger partial charge is 0.394 e. The molecule has 0 fully saturated rings. The van der Waals surface area contributed by atoms with E-state index in [4.69, 9.17) is 5.11 Å². The molecule has 0 aliphatic carbocycles. The zero-order valence-electron chi connectivity index (χ0n) is 9.48. The average Bonchev–Trinajstić information content (AvgIpc) is 2.23. The maximum absolute atomic E-state index is 13.0. The topological polar surface area (TPSA) is 32.3 Å². The molecule has 0 aliphatic heterocycles. The van der Waals surface area contributed by atoms with E-state index in [-0.39, 0.29) is 5.56 Å². The largest absolute Gasteiger partial charge is 0.401 e. The van der Waals surface area contributed by atoms with Gasteiger partial charge in [-0.25, -0.2) is 8.78 Å². The van der Waals surface area contributed by atoms with Crippen LogP contribution < -0.4 is 5.32 Å². The van der Waals surface area contributed by atoms with Crippen LogP contribution in [0.5, 0.6) is 0 Å². The summed E-state index contributed by atoms with van der Waals surface area (Å²) in [5, 5.41) is 11.2. The fourth-order valence-electron chi connectivity index (χ4n) is 1.42. The van der Waals surface area contributed by atoms with Gasteiger partial charge in [0.2, 0.25) is 0 Å². The highest BCUT2D eigenvalue weighted by Gasteiger charge is 2.34. The first-order valence-corrected chi connectivity index (χ1v) is 5.05. The number of halogens is 5. The Labute approximate surface area is 100 Å². The van der Waals surface area contributed by atoms with Crippen molar-refractivity contribution in [1.29, 1.82) is 0 Å². The summed E-state index contributed by atoms with van der Waals surface area (Å²) in [5.74, 6) is -1.84. The lowest BCUT2D eigenvalue weighted by molar-refractivity contribution is -0.129. The Morgan fingerprint density at radius 1 is 1.11 bits per heavy atom. The van der Waals surface area contributed by atoms with Gasteiger partial charge in [-0.05, 0) is 24.6 Å². The summed E-state index contributed by atoms with van der Waals surface area (Å²) in [4.78, 5) is 0. The van der Waals surface area contributed by atoms with Crippen molar-refractivity contribution in [2.75, 3.05) is 13.2 Å². The van der Waals surface area contributed by atoms with Gasteiger partial charge in [-0.15, -0.1) is 0 Å². The number of hydrogen-bond donors (Lipinski definition) is 2. The average molecular weight is 269 g/mol. The number of aliphatic hydroxyl groups excluding tert-OH is 1. The third-order valence-electron chi connectivity index (χ3n) is 2.49. The SMILES string of the molecule is CC(CO)(NCC(F)(F)F)c1cc(F)cc(F)c1. The van der Waals surface area contributed by atoms with Crippen molar-refractivity contribution in [2.24, 2.45) is 0 Å². The van der Waals surface area contributed by atoms with E-state index in [1.807, 2.05) is 5.32 Å². The van der Waals surface area contributed by atoms with Gasteiger partial charge in [0, 0.05) is 6.07 Å². The first kappa shape index (κ1) is 14.8. The molecule has 2 nitrogen and oxygen atoms in total. The predicted octanol–water partition coefficient (Wildman–Crippen LogP) is 2.32. The highest BCUT2D eigenvalue weighted by Crippen LogP contribution is 2.24. The number of rotatable bonds is 4. The lowest BCUT2D eigenvalue weighted by atomic mass is 9.92. The number of alkyl halides is 3. The van der Waals surface area contributed by atoms with E-state index < -0.39 is 36.5 Å². The zero-order chi connectivity index (χ0) is 14.0. The van der Waals surface area contributed by atoms with Crippen LogP contribution in [0.2, 0.25) is 0 Å². The maximum atomic E-state index is 13.0. The van der Waals surface area contributed by atoms with Gasteiger partial charge in [0.1, 0.15) is 11.6 Å². The van der Waals surface area contributed by atoms with Crippen molar-refractivity contribution in [3.05, 3.63) is 35.4 Å². The van der Waals surface area contributed by atoms with Gasteiger partial charge < -0.3 is 5.11 Å². The van der Waals surface area contributed by atoms with Crippen LogP contribution in [0, 0.1) is 11.6 Å². The molecular weight excluding hydrogens is 257 g/mol. The summed E-state index contributed by atoms with van der Waals surface area (Å²) in [5.41, 5.74) is -1.66. The van der Waals surface area contributed by atoms with E-state index in [9.17, 15) is 22.0 Å². The quantitative estimate of drug-likeness (QED) is 0.822. The van der Waals surface area contributed by atoms with Gasteiger partial charge in [-0.2, -0.15) is 13.2 Å². The maximum Gasteiger partial charge on any atom is 0.401 e. The van der Waals surface area contributed by atoms with Gasteiger partial charge in [0.05, 0.1) is 18.7 Å².